The number of nitrogens with one attached hydrogen (secondary N) is 2. The topological polar surface area (TPSA) is 58.5 Å². The molecule has 23 heavy (non-hydrogen) atoms. The molecular weight excluding hydrogens is 309 g/mol. The maximum Gasteiger partial charge on any atom is 0.422 e. The fraction of sp³-hybridized carbons (Fsp3) is 0.600. The van der Waals surface area contributed by atoms with Crippen LogP contribution in [-0.4, -0.2) is 36.8 Å². The molecule has 1 aromatic rings. The SMILES string of the molecule is CCNC(=NCc1cccnc1OCC(F)(F)F)NCC1CC1. The Labute approximate surface area is 133 Å². The Kier molecular flexibility index (Phi) is 6.06. The summed E-state index contributed by atoms with van der Waals surface area (Å²) in [4.78, 5) is 8.24. The highest BCUT2D eigenvalue weighted by Gasteiger charge is 2.29. The number of ether oxygens (including phenoxy) is 1. The average Bonchev–Trinajstić information content (AvgIpc) is 3.32. The van der Waals surface area contributed by atoms with E-state index in [1.54, 1.807) is 12.1 Å². The number of guanidine groups is 1. The molecule has 8 heteroatoms. The normalized spacial score (nSPS) is 15.4. The molecule has 0 aromatic carbocycles. The predicted molar refractivity (Wildman–Crippen MR) is 81.3 cm³/mol. The molecule has 1 fully saturated rings. The van der Waals surface area contributed by atoms with Crippen LogP contribution in [0.1, 0.15) is 25.3 Å². The van der Waals surface area contributed by atoms with Crippen molar-refractivity contribution in [3.05, 3.63) is 23.9 Å². The van der Waals surface area contributed by atoms with E-state index in [2.05, 4.69) is 20.6 Å². The standard InChI is InChI=1S/C15H21F3N4O/c1-2-19-14(21-8-11-5-6-11)22-9-12-4-3-7-20-13(12)23-10-15(16,17)18/h3-4,7,11H,2,5-6,8-10H2,1H3,(H2,19,21,22). The summed E-state index contributed by atoms with van der Waals surface area (Å²) >= 11 is 0. The molecule has 128 valence electrons. The molecule has 0 aliphatic heterocycles. The first-order valence-electron chi connectivity index (χ1n) is 7.63. The van der Waals surface area contributed by atoms with Crippen LogP contribution in [0.3, 0.4) is 0 Å². The van der Waals surface area contributed by atoms with Crippen LogP contribution in [0, 0.1) is 5.92 Å². The summed E-state index contributed by atoms with van der Waals surface area (Å²) in [5.41, 5.74) is 0.514. The number of pyridine rings is 1. The van der Waals surface area contributed by atoms with Crippen molar-refractivity contribution in [2.45, 2.75) is 32.5 Å². The van der Waals surface area contributed by atoms with Crippen molar-refractivity contribution in [2.24, 2.45) is 10.9 Å². The fourth-order valence-corrected chi connectivity index (χ4v) is 1.89. The van der Waals surface area contributed by atoms with Crippen molar-refractivity contribution in [1.29, 1.82) is 0 Å². The van der Waals surface area contributed by atoms with Crippen LogP contribution in [0.5, 0.6) is 5.88 Å². The van der Waals surface area contributed by atoms with Crippen LogP contribution in [0.25, 0.3) is 0 Å². The van der Waals surface area contributed by atoms with Gasteiger partial charge < -0.3 is 15.4 Å². The number of halogens is 3. The average molecular weight is 330 g/mol. The van der Waals surface area contributed by atoms with Crippen molar-refractivity contribution < 1.29 is 17.9 Å². The summed E-state index contributed by atoms with van der Waals surface area (Å²) in [6.07, 6.45) is -0.539. The lowest BCUT2D eigenvalue weighted by molar-refractivity contribution is -0.154. The van der Waals surface area contributed by atoms with Crippen LogP contribution >= 0.6 is 0 Å². The maximum atomic E-state index is 12.3. The molecule has 1 aliphatic carbocycles. The Bertz CT molecular complexity index is 530. The summed E-state index contributed by atoms with van der Waals surface area (Å²) in [5.74, 6) is 1.31. The second-order valence-corrected chi connectivity index (χ2v) is 5.39. The zero-order chi connectivity index (χ0) is 16.7. The van der Waals surface area contributed by atoms with Gasteiger partial charge in [0, 0.05) is 24.8 Å². The minimum atomic E-state index is -4.39. The summed E-state index contributed by atoms with van der Waals surface area (Å²) in [7, 11) is 0. The number of alkyl halides is 3. The van der Waals surface area contributed by atoms with Crippen LogP contribution in [0.15, 0.2) is 23.3 Å². The zero-order valence-electron chi connectivity index (χ0n) is 13.0. The number of nitrogens with zero attached hydrogens (tertiary/aromatic N) is 2. The summed E-state index contributed by atoms with van der Waals surface area (Å²) in [5, 5.41) is 6.34. The molecular formula is C15H21F3N4O. The molecule has 5 nitrogen and oxygen atoms in total. The molecule has 0 atom stereocenters. The number of hydrogen-bond donors (Lipinski definition) is 2. The van der Waals surface area contributed by atoms with Crippen LogP contribution in [-0.2, 0) is 6.54 Å². The molecule has 1 aromatic heterocycles. The highest BCUT2D eigenvalue weighted by molar-refractivity contribution is 5.79. The highest BCUT2D eigenvalue weighted by atomic mass is 19.4. The van der Waals surface area contributed by atoms with Crippen molar-refractivity contribution >= 4 is 5.96 Å². The zero-order valence-corrected chi connectivity index (χ0v) is 13.0. The Morgan fingerprint density at radius 2 is 2.17 bits per heavy atom. The number of aliphatic imine (C=N–C) groups is 1. The van der Waals surface area contributed by atoms with E-state index >= 15 is 0 Å². The number of rotatable bonds is 7. The van der Waals surface area contributed by atoms with Crippen LogP contribution in [0.2, 0.25) is 0 Å². The van der Waals surface area contributed by atoms with Crippen molar-refractivity contribution in [3.8, 4) is 5.88 Å². The quantitative estimate of drug-likeness (QED) is 0.596. The third kappa shape index (κ3) is 6.75. The molecule has 0 amide bonds. The number of hydrogen-bond acceptors (Lipinski definition) is 3. The first-order valence-corrected chi connectivity index (χ1v) is 7.63. The third-order valence-corrected chi connectivity index (χ3v) is 3.23. The lowest BCUT2D eigenvalue weighted by Gasteiger charge is -2.13. The van der Waals surface area contributed by atoms with E-state index in [9.17, 15) is 13.2 Å². The van der Waals surface area contributed by atoms with E-state index in [-0.39, 0.29) is 12.4 Å². The van der Waals surface area contributed by atoms with E-state index in [0.717, 1.165) is 6.54 Å². The fourth-order valence-electron chi connectivity index (χ4n) is 1.89. The smallest absolute Gasteiger partial charge is 0.422 e. The van der Waals surface area contributed by atoms with Gasteiger partial charge in [-0.25, -0.2) is 9.98 Å². The van der Waals surface area contributed by atoms with Gasteiger partial charge in [0.15, 0.2) is 12.6 Å². The largest absolute Gasteiger partial charge is 0.468 e. The third-order valence-electron chi connectivity index (χ3n) is 3.23. The van der Waals surface area contributed by atoms with Gasteiger partial charge in [-0.2, -0.15) is 13.2 Å². The molecule has 2 rings (SSSR count). The summed E-state index contributed by atoms with van der Waals surface area (Å²) < 4.78 is 41.6. The molecule has 2 N–H and O–H groups in total. The minimum Gasteiger partial charge on any atom is -0.468 e. The van der Waals surface area contributed by atoms with Crippen LogP contribution in [0.4, 0.5) is 13.2 Å². The second kappa shape index (κ2) is 8.03. The molecule has 0 spiro atoms. The lowest BCUT2D eigenvalue weighted by atomic mass is 10.3. The van der Waals surface area contributed by atoms with E-state index in [4.69, 9.17) is 4.74 Å². The highest BCUT2D eigenvalue weighted by Crippen LogP contribution is 2.27. The van der Waals surface area contributed by atoms with Crippen LogP contribution < -0.4 is 15.4 Å². The first-order chi connectivity index (χ1) is 11.0. The maximum absolute atomic E-state index is 12.3. The van der Waals surface area contributed by atoms with Gasteiger partial charge in [-0.05, 0) is 31.7 Å². The molecule has 0 radical (unpaired) electrons. The summed E-state index contributed by atoms with van der Waals surface area (Å²) in [6, 6.07) is 3.31. The molecule has 0 bridgehead atoms. The lowest BCUT2D eigenvalue weighted by Crippen LogP contribution is -2.38. The van der Waals surface area contributed by atoms with Crippen molar-refractivity contribution in [3.63, 3.8) is 0 Å². The monoisotopic (exact) mass is 330 g/mol. The van der Waals surface area contributed by atoms with Gasteiger partial charge in [-0.15, -0.1) is 0 Å². The Morgan fingerprint density at radius 3 is 2.83 bits per heavy atom. The molecule has 1 heterocycles. The van der Waals surface area contributed by atoms with Gasteiger partial charge >= 0.3 is 6.18 Å². The van der Waals surface area contributed by atoms with Gasteiger partial charge in [-0.3, -0.25) is 0 Å². The van der Waals surface area contributed by atoms with E-state index < -0.39 is 12.8 Å². The Balaban J connectivity index is 1.97. The Hall–Kier alpha value is -1.99. The molecule has 1 saturated carbocycles. The Morgan fingerprint density at radius 1 is 1.39 bits per heavy atom. The molecule has 0 unspecified atom stereocenters. The van der Waals surface area contributed by atoms with Gasteiger partial charge in [-0.1, -0.05) is 6.07 Å². The minimum absolute atomic E-state index is 0.0355. The second-order valence-electron chi connectivity index (χ2n) is 5.39. The van der Waals surface area contributed by atoms with E-state index in [1.165, 1.54) is 19.0 Å². The van der Waals surface area contributed by atoms with Crippen molar-refractivity contribution in [2.75, 3.05) is 19.7 Å². The van der Waals surface area contributed by atoms with Crippen molar-refractivity contribution in [1.82, 2.24) is 15.6 Å². The van der Waals surface area contributed by atoms with E-state index in [1.807, 2.05) is 6.92 Å². The predicted octanol–water partition coefficient (Wildman–Crippen LogP) is 2.49. The number of aromatic nitrogens is 1. The van der Waals surface area contributed by atoms with Gasteiger partial charge in [0.2, 0.25) is 5.88 Å². The molecule has 0 saturated heterocycles. The molecule has 1 aliphatic rings. The summed E-state index contributed by atoms with van der Waals surface area (Å²) in [6.45, 7) is 2.36. The van der Waals surface area contributed by atoms with E-state index in [0.29, 0.717) is 24.0 Å². The van der Waals surface area contributed by atoms with Gasteiger partial charge in [0.1, 0.15) is 0 Å². The van der Waals surface area contributed by atoms with Gasteiger partial charge in [0.25, 0.3) is 0 Å². The first kappa shape index (κ1) is 17.4. The van der Waals surface area contributed by atoms with Gasteiger partial charge in [0.05, 0.1) is 6.54 Å².